The standard InChI is InChI=1S/C12H21N3O4S/c1-4-13-12-7-11(5-6-14-12)20(17,18)15(2)8-10(16)9-19-3/h5-7,10,16H,4,8-9H2,1-3H3,(H,13,14). The zero-order valence-corrected chi connectivity index (χ0v) is 12.7. The second kappa shape index (κ2) is 7.53. The summed E-state index contributed by atoms with van der Waals surface area (Å²) in [6.45, 7) is 2.60. The largest absolute Gasteiger partial charge is 0.389 e. The van der Waals surface area contributed by atoms with Gasteiger partial charge in [-0.1, -0.05) is 0 Å². The van der Waals surface area contributed by atoms with E-state index in [1.54, 1.807) is 0 Å². The number of likely N-dealkylation sites (N-methyl/N-ethyl adjacent to an activating group) is 1. The fourth-order valence-electron chi connectivity index (χ4n) is 1.67. The lowest BCUT2D eigenvalue weighted by Crippen LogP contribution is -2.36. The van der Waals surface area contributed by atoms with E-state index in [1.807, 2.05) is 6.92 Å². The molecule has 0 spiro atoms. The topological polar surface area (TPSA) is 91.8 Å². The van der Waals surface area contributed by atoms with E-state index in [0.717, 1.165) is 4.31 Å². The molecule has 8 heteroatoms. The quantitative estimate of drug-likeness (QED) is 0.710. The van der Waals surface area contributed by atoms with Gasteiger partial charge in [0, 0.05) is 39.5 Å². The molecule has 1 atom stereocenters. The van der Waals surface area contributed by atoms with Crippen LogP contribution < -0.4 is 5.32 Å². The number of aliphatic hydroxyl groups excluding tert-OH is 1. The molecule has 0 aliphatic heterocycles. The third-order valence-electron chi connectivity index (χ3n) is 2.62. The van der Waals surface area contributed by atoms with Gasteiger partial charge in [0.05, 0.1) is 17.6 Å². The van der Waals surface area contributed by atoms with E-state index in [-0.39, 0.29) is 18.0 Å². The minimum atomic E-state index is -3.66. The van der Waals surface area contributed by atoms with Crippen molar-refractivity contribution >= 4 is 15.8 Å². The number of ether oxygens (including phenoxy) is 1. The molecule has 0 saturated carbocycles. The number of aliphatic hydroxyl groups is 1. The van der Waals surface area contributed by atoms with Gasteiger partial charge in [0.15, 0.2) is 0 Å². The predicted octanol–water partition coefficient (Wildman–Crippen LogP) is 0.141. The molecule has 0 saturated heterocycles. The van der Waals surface area contributed by atoms with Crippen LogP contribution in [0.15, 0.2) is 23.2 Å². The highest BCUT2D eigenvalue weighted by molar-refractivity contribution is 7.89. The zero-order valence-electron chi connectivity index (χ0n) is 11.9. The van der Waals surface area contributed by atoms with Crippen molar-refractivity contribution in [1.82, 2.24) is 9.29 Å². The van der Waals surface area contributed by atoms with Crippen LogP contribution in [0, 0.1) is 0 Å². The van der Waals surface area contributed by atoms with Crippen LogP contribution in [0.1, 0.15) is 6.92 Å². The van der Waals surface area contributed by atoms with Crippen molar-refractivity contribution in [2.24, 2.45) is 0 Å². The van der Waals surface area contributed by atoms with Gasteiger partial charge in [0.25, 0.3) is 0 Å². The molecular weight excluding hydrogens is 282 g/mol. The number of rotatable bonds is 8. The van der Waals surface area contributed by atoms with Crippen molar-refractivity contribution in [3.63, 3.8) is 0 Å². The Kier molecular flexibility index (Phi) is 6.34. The lowest BCUT2D eigenvalue weighted by Gasteiger charge is -2.20. The van der Waals surface area contributed by atoms with Gasteiger partial charge in [0.2, 0.25) is 10.0 Å². The Hall–Kier alpha value is -1.22. The van der Waals surface area contributed by atoms with Gasteiger partial charge in [-0.15, -0.1) is 0 Å². The highest BCUT2D eigenvalue weighted by Crippen LogP contribution is 2.17. The Morgan fingerprint density at radius 2 is 2.25 bits per heavy atom. The van der Waals surface area contributed by atoms with Crippen LogP contribution in [0.5, 0.6) is 0 Å². The molecule has 2 N–H and O–H groups in total. The number of pyridine rings is 1. The van der Waals surface area contributed by atoms with Crippen LogP contribution in [0.4, 0.5) is 5.82 Å². The second-order valence-electron chi connectivity index (χ2n) is 4.30. The highest BCUT2D eigenvalue weighted by Gasteiger charge is 2.23. The molecule has 1 aromatic rings. The number of methoxy groups -OCH3 is 1. The summed E-state index contributed by atoms with van der Waals surface area (Å²) in [4.78, 5) is 4.16. The molecule has 1 unspecified atom stereocenters. The van der Waals surface area contributed by atoms with E-state index in [9.17, 15) is 13.5 Å². The molecule has 1 aromatic heterocycles. The molecule has 114 valence electrons. The van der Waals surface area contributed by atoms with Gasteiger partial charge >= 0.3 is 0 Å². The van der Waals surface area contributed by atoms with Crippen molar-refractivity contribution < 1.29 is 18.3 Å². The van der Waals surface area contributed by atoms with Crippen LogP contribution in [0.2, 0.25) is 0 Å². The maximum absolute atomic E-state index is 12.3. The van der Waals surface area contributed by atoms with Gasteiger partial charge in [0.1, 0.15) is 5.82 Å². The molecule has 0 bridgehead atoms. The zero-order chi connectivity index (χ0) is 15.2. The summed E-state index contributed by atoms with van der Waals surface area (Å²) in [5, 5.41) is 12.6. The minimum absolute atomic E-state index is 0.0327. The van der Waals surface area contributed by atoms with E-state index in [0.29, 0.717) is 12.4 Å². The molecule has 1 rings (SSSR count). The van der Waals surface area contributed by atoms with Gasteiger partial charge in [-0.3, -0.25) is 0 Å². The Morgan fingerprint density at radius 1 is 1.55 bits per heavy atom. The summed E-state index contributed by atoms with van der Waals surface area (Å²) in [5.74, 6) is 0.499. The van der Waals surface area contributed by atoms with Crippen LogP contribution in [-0.4, -0.2) is 62.8 Å². The Labute approximate surface area is 119 Å². The fourth-order valence-corrected chi connectivity index (χ4v) is 2.89. The lowest BCUT2D eigenvalue weighted by atomic mass is 10.4. The number of sulfonamides is 1. The van der Waals surface area contributed by atoms with Crippen molar-refractivity contribution in [2.75, 3.05) is 39.2 Å². The van der Waals surface area contributed by atoms with E-state index in [2.05, 4.69) is 10.3 Å². The first-order chi connectivity index (χ1) is 9.41. The lowest BCUT2D eigenvalue weighted by molar-refractivity contribution is 0.0554. The Balaban J connectivity index is 2.89. The molecule has 0 fully saturated rings. The molecular formula is C12H21N3O4S. The summed E-state index contributed by atoms with van der Waals surface area (Å²) in [5.41, 5.74) is 0. The number of nitrogens with zero attached hydrogens (tertiary/aromatic N) is 2. The summed E-state index contributed by atoms with van der Waals surface area (Å²) in [7, 11) is -0.789. The van der Waals surface area contributed by atoms with Crippen molar-refractivity contribution in [2.45, 2.75) is 17.9 Å². The smallest absolute Gasteiger partial charge is 0.243 e. The van der Waals surface area contributed by atoms with E-state index in [1.165, 1.54) is 32.5 Å². The van der Waals surface area contributed by atoms with Crippen LogP contribution >= 0.6 is 0 Å². The van der Waals surface area contributed by atoms with Crippen molar-refractivity contribution in [3.05, 3.63) is 18.3 Å². The Bertz CT molecular complexity index is 521. The summed E-state index contributed by atoms with van der Waals surface area (Å²) < 4.78 is 30.6. The molecule has 0 radical (unpaired) electrons. The fraction of sp³-hybridized carbons (Fsp3) is 0.583. The molecule has 7 nitrogen and oxygen atoms in total. The maximum atomic E-state index is 12.3. The van der Waals surface area contributed by atoms with Gasteiger partial charge < -0.3 is 15.2 Å². The first-order valence-electron chi connectivity index (χ1n) is 6.25. The third-order valence-corrected chi connectivity index (χ3v) is 4.44. The second-order valence-corrected chi connectivity index (χ2v) is 6.35. The number of aromatic nitrogens is 1. The summed E-state index contributed by atoms with van der Waals surface area (Å²) >= 11 is 0. The molecule has 0 aliphatic carbocycles. The monoisotopic (exact) mass is 303 g/mol. The van der Waals surface area contributed by atoms with Crippen molar-refractivity contribution in [1.29, 1.82) is 0 Å². The summed E-state index contributed by atoms with van der Waals surface area (Å²) in [6.07, 6.45) is 0.569. The minimum Gasteiger partial charge on any atom is -0.389 e. The molecule has 1 heterocycles. The molecule has 0 amide bonds. The number of nitrogens with one attached hydrogen (secondary N) is 1. The van der Waals surface area contributed by atoms with Gasteiger partial charge in [-0.25, -0.2) is 13.4 Å². The van der Waals surface area contributed by atoms with E-state index in [4.69, 9.17) is 4.74 Å². The first kappa shape index (κ1) is 16.8. The van der Waals surface area contributed by atoms with E-state index < -0.39 is 16.1 Å². The Morgan fingerprint density at radius 3 is 2.85 bits per heavy atom. The van der Waals surface area contributed by atoms with Gasteiger partial charge in [-0.05, 0) is 13.0 Å². The number of hydrogen-bond acceptors (Lipinski definition) is 6. The van der Waals surface area contributed by atoms with E-state index >= 15 is 0 Å². The first-order valence-corrected chi connectivity index (χ1v) is 7.69. The van der Waals surface area contributed by atoms with Crippen LogP contribution in [-0.2, 0) is 14.8 Å². The van der Waals surface area contributed by atoms with Crippen LogP contribution in [0.25, 0.3) is 0 Å². The highest BCUT2D eigenvalue weighted by atomic mass is 32.2. The average Bonchev–Trinajstić information content (AvgIpc) is 2.39. The number of hydrogen-bond donors (Lipinski definition) is 2. The third kappa shape index (κ3) is 4.41. The normalized spacial score (nSPS) is 13.4. The predicted molar refractivity (Wildman–Crippen MR) is 76.1 cm³/mol. The molecule has 0 aromatic carbocycles. The number of anilines is 1. The van der Waals surface area contributed by atoms with Crippen molar-refractivity contribution in [3.8, 4) is 0 Å². The summed E-state index contributed by atoms with van der Waals surface area (Å²) in [6, 6.07) is 2.90. The van der Waals surface area contributed by atoms with Gasteiger partial charge in [-0.2, -0.15) is 4.31 Å². The molecule has 0 aliphatic rings. The SMILES string of the molecule is CCNc1cc(S(=O)(=O)N(C)CC(O)COC)ccn1. The maximum Gasteiger partial charge on any atom is 0.243 e. The average molecular weight is 303 g/mol. The molecule has 20 heavy (non-hydrogen) atoms. The van der Waals surface area contributed by atoms with Crippen LogP contribution in [0.3, 0.4) is 0 Å².